The van der Waals surface area contributed by atoms with Gasteiger partial charge >= 0.3 is 9.28 Å². The molecule has 0 amide bonds. The molecule has 32 heavy (non-hydrogen) atoms. The van der Waals surface area contributed by atoms with E-state index in [2.05, 4.69) is 0 Å². The molecule has 163 valence electrons. The maximum Gasteiger partial charge on any atom is 0.416 e. The fourth-order valence-corrected chi connectivity index (χ4v) is 4.00. The lowest BCUT2D eigenvalue weighted by Crippen LogP contribution is -2.21. The van der Waals surface area contributed by atoms with Crippen molar-refractivity contribution in [2.45, 2.75) is 13.2 Å². The quantitative estimate of drug-likeness (QED) is 0.240. The molecular weight excluding hydrogens is 435 g/mol. The van der Waals surface area contributed by atoms with E-state index in [1.807, 2.05) is 0 Å². The molecule has 0 fully saturated rings. The lowest BCUT2D eigenvalue weighted by molar-refractivity contribution is -0.385. The smallest absolute Gasteiger partial charge is 0.385 e. The SMILES string of the molecule is O=[N+]([O-])c1ccccc1CO[Si](C=Cc1ccc(F)cc1)OCc1ccccc1[N+](=O)[O-]. The molecule has 8 nitrogen and oxygen atoms in total. The van der Waals surface area contributed by atoms with Crippen LogP contribution in [0.25, 0.3) is 6.08 Å². The van der Waals surface area contributed by atoms with Crippen LogP contribution in [0, 0.1) is 26.0 Å². The molecule has 3 aromatic rings. The number of nitrogens with zero attached hydrogens (tertiary/aromatic N) is 2. The number of benzene rings is 3. The summed E-state index contributed by atoms with van der Waals surface area (Å²) >= 11 is 0. The van der Waals surface area contributed by atoms with Gasteiger partial charge in [0.2, 0.25) is 0 Å². The summed E-state index contributed by atoms with van der Waals surface area (Å²) in [6.45, 7) is -0.147. The van der Waals surface area contributed by atoms with Crippen LogP contribution in [0.3, 0.4) is 0 Å². The highest BCUT2D eigenvalue weighted by molar-refractivity contribution is 6.51. The van der Waals surface area contributed by atoms with Gasteiger partial charge in [-0.3, -0.25) is 20.2 Å². The van der Waals surface area contributed by atoms with Crippen molar-refractivity contribution in [2.75, 3.05) is 0 Å². The average Bonchev–Trinajstić information content (AvgIpc) is 2.80. The molecule has 0 aromatic heterocycles. The van der Waals surface area contributed by atoms with E-state index in [1.54, 1.807) is 60.3 Å². The van der Waals surface area contributed by atoms with Crippen molar-refractivity contribution in [3.8, 4) is 0 Å². The summed E-state index contributed by atoms with van der Waals surface area (Å²) in [4.78, 5) is 21.5. The summed E-state index contributed by atoms with van der Waals surface area (Å²) in [7, 11) is -2.15. The normalized spacial score (nSPS) is 11.2. The Balaban J connectivity index is 1.77. The van der Waals surface area contributed by atoms with E-state index in [4.69, 9.17) is 8.85 Å². The molecule has 1 radical (unpaired) electrons. The largest absolute Gasteiger partial charge is 0.416 e. The molecule has 0 spiro atoms. The van der Waals surface area contributed by atoms with Crippen molar-refractivity contribution in [3.05, 3.63) is 121 Å². The van der Waals surface area contributed by atoms with E-state index in [1.165, 1.54) is 24.3 Å². The zero-order valence-electron chi connectivity index (χ0n) is 16.7. The molecule has 0 unspecified atom stereocenters. The number of hydrogen-bond donors (Lipinski definition) is 0. The third kappa shape index (κ3) is 6.38. The van der Waals surface area contributed by atoms with Crippen LogP contribution in [0.15, 0.2) is 78.5 Å². The van der Waals surface area contributed by atoms with Crippen LogP contribution in [-0.4, -0.2) is 19.1 Å². The Bertz CT molecular complexity index is 1060. The molecule has 3 aromatic carbocycles. The van der Waals surface area contributed by atoms with Crippen molar-refractivity contribution in [2.24, 2.45) is 0 Å². The molecule has 0 heterocycles. The van der Waals surface area contributed by atoms with Gasteiger partial charge in [-0.05, 0) is 35.5 Å². The van der Waals surface area contributed by atoms with Crippen LogP contribution in [0.5, 0.6) is 0 Å². The second kappa shape index (κ2) is 11.0. The van der Waals surface area contributed by atoms with Gasteiger partial charge in [-0.25, -0.2) is 4.39 Å². The summed E-state index contributed by atoms with van der Waals surface area (Å²) in [6, 6.07) is 18.2. The lowest BCUT2D eigenvalue weighted by atomic mass is 10.2. The molecule has 0 aliphatic carbocycles. The maximum absolute atomic E-state index is 13.1. The third-order valence-electron chi connectivity index (χ3n) is 4.40. The van der Waals surface area contributed by atoms with Crippen LogP contribution >= 0.6 is 0 Å². The van der Waals surface area contributed by atoms with Gasteiger partial charge in [-0.2, -0.15) is 0 Å². The molecule has 0 aliphatic rings. The minimum absolute atomic E-state index is 0.0733. The highest BCUT2D eigenvalue weighted by Crippen LogP contribution is 2.21. The number of hydrogen-bond acceptors (Lipinski definition) is 6. The molecule has 0 atom stereocenters. The van der Waals surface area contributed by atoms with Gasteiger partial charge in [-0.15, -0.1) is 0 Å². The first kappa shape index (κ1) is 22.9. The van der Waals surface area contributed by atoms with Gasteiger partial charge in [0.05, 0.1) is 34.2 Å². The van der Waals surface area contributed by atoms with Gasteiger partial charge in [0, 0.05) is 12.1 Å². The van der Waals surface area contributed by atoms with Crippen LogP contribution in [-0.2, 0) is 22.1 Å². The first-order valence-corrected chi connectivity index (χ1v) is 10.8. The topological polar surface area (TPSA) is 105 Å². The van der Waals surface area contributed by atoms with Crippen molar-refractivity contribution < 1.29 is 23.1 Å². The van der Waals surface area contributed by atoms with E-state index in [0.29, 0.717) is 16.7 Å². The minimum Gasteiger partial charge on any atom is -0.385 e. The zero-order chi connectivity index (χ0) is 22.9. The molecule has 0 aliphatic heterocycles. The predicted octanol–water partition coefficient (Wildman–Crippen LogP) is 5.12. The number of nitro benzene ring substituents is 2. The number of rotatable bonds is 10. The highest BCUT2D eigenvalue weighted by Gasteiger charge is 2.20. The van der Waals surface area contributed by atoms with E-state index in [-0.39, 0.29) is 30.4 Å². The molecule has 10 heteroatoms. The third-order valence-corrected chi connectivity index (χ3v) is 5.69. The van der Waals surface area contributed by atoms with Gasteiger partial charge in [0.15, 0.2) is 0 Å². The Morgan fingerprint density at radius 1 is 0.781 bits per heavy atom. The molecule has 0 N–H and O–H groups in total. The number of halogens is 1. The van der Waals surface area contributed by atoms with Crippen LogP contribution in [0.1, 0.15) is 16.7 Å². The second-order valence-corrected chi connectivity index (χ2v) is 8.10. The Hall–Kier alpha value is -3.73. The summed E-state index contributed by atoms with van der Waals surface area (Å²) in [6.07, 6.45) is 1.69. The van der Waals surface area contributed by atoms with Crippen molar-refractivity contribution in [1.82, 2.24) is 0 Å². The van der Waals surface area contributed by atoms with Crippen molar-refractivity contribution in [1.29, 1.82) is 0 Å². The van der Waals surface area contributed by atoms with Gasteiger partial charge in [-0.1, -0.05) is 42.5 Å². The summed E-state index contributed by atoms with van der Waals surface area (Å²) in [5, 5.41) is 22.5. The molecule has 0 saturated carbocycles. The van der Waals surface area contributed by atoms with E-state index < -0.39 is 19.1 Å². The van der Waals surface area contributed by atoms with Crippen molar-refractivity contribution in [3.63, 3.8) is 0 Å². The fourth-order valence-electron chi connectivity index (χ4n) is 2.80. The zero-order valence-corrected chi connectivity index (χ0v) is 17.7. The van der Waals surface area contributed by atoms with Crippen LogP contribution < -0.4 is 0 Å². The van der Waals surface area contributed by atoms with Crippen LogP contribution in [0.4, 0.5) is 15.8 Å². The van der Waals surface area contributed by atoms with Gasteiger partial charge in [0.25, 0.3) is 11.4 Å². The fraction of sp³-hybridized carbons (Fsp3) is 0.0909. The van der Waals surface area contributed by atoms with Crippen LogP contribution in [0.2, 0.25) is 0 Å². The summed E-state index contributed by atoms with van der Waals surface area (Å²) < 4.78 is 24.8. The molecule has 3 rings (SSSR count). The first-order valence-electron chi connectivity index (χ1n) is 9.45. The van der Waals surface area contributed by atoms with E-state index in [0.717, 1.165) is 0 Å². The highest BCUT2D eigenvalue weighted by atomic mass is 28.3. The first-order chi connectivity index (χ1) is 15.4. The molecule has 0 bridgehead atoms. The molecule has 0 saturated heterocycles. The van der Waals surface area contributed by atoms with Gasteiger partial charge < -0.3 is 8.85 Å². The number of para-hydroxylation sites is 2. The van der Waals surface area contributed by atoms with E-state index >= 15 is 0 Å². The van der Waals surface area contributed by atoms with Crippen molar-refractivity contribution >= 4 is 26.7 Å². The van der Waals surface area contributed by atoms with E-state index in [9.17, 15) is 24.6 Å². The monoisotopic (exact) mass is 453 g/mol. The standard InChI is InChI=1S/C22H18FN2O6Si/c23-20-11-9-17(10-12-20)13-14-32(30-15-18-5-1-3-7-21(18)24(26)27)31-16-19-6-2-4-8-22(19)25(28)29/h1-14H,15-16H2. The Labute approximate surface area is 184 Å². The molecular formula is C22H18FN2O6Si. The second-order valence-electron chi connectivity index (χ2n) is 6.55. The average molecular weight is 453 g/mol. The number of nitro groups is 2. The Kier molecular flexibility index (Phi) is 7.92. The Morgan fingerprint density at radius 2 is 1.25 bits per heavy atom. The minimum atomic E-state index is -2.15. The predicted molar refractivity (Wildman–Crippen MR) is 117 cm³/mol. The lowest BCUT2D eigenvalue weighted by Gasteiger charge is -2.13. The summed E-state index contributed by atoms with van der Waals surface area (Å²) in [5.41, 5.74) is 2.97. The maximum atomic E-state index is 13.1. The Morgan fingerprint density at radius 3 is 1.72 bits per heavy atom. The van der Waals surface area contributed by atoms with Gasteiger partial charge in [0.1, 0.15) is 5.82 Å². The summed E-state index contributed by atoms with van der Waals surface area (Å²) in [5.74, 6) is -0.368.